The van der Waals surface area contributed by atoms with Crippen molar-refractivity contribution >= 4 is 15.7 Å². The van der Waals surface area contributed by atoms with E-state index in [1.54, 1.807) is 4.31 Å². The summed E-state index contributed by atoms with van der Waals surface area (Å²) < 4.78 is 25.2. The fraction of sp³-hybridized carbons (Fsp3) is 0.500. The number of nitrogens with zero attached hydrogens (tertiary/aromatic N) is 1. The van der Waals surface area contributed by atoms with E-state index in [2.05, 4.69) is 11.4 Å². The van der Waals surface area contributed by atoms with Crippen LogP contribution in [0.3, 0.4) is 0 Å². The van der Waals surface area contributed by atoms with E-state index in [0.29, 0.717) is 6.54 Å². The molecule has 0 atom stereocenters. The number of fused-ring (bicyclic) bond motifs is 1. The largest absolute Gasteiger partial charge is 0.312 e. The Labute approximate surface area is 102 Å². The number of hydrogen-bond acceptors (Lipinski definition) is 3. The van der Waals surface area contributed by atoms with E-state index >= 15 is 0 Å². The topological polar surface area (TPSA) is 49.4 Å². The van der Waals surface area contributed by atoms with Gasteiger partial charge in [-0.25, -0.2) is 8.42 Å². The minimum Gasteiger partial charge on any atom is -0.312 e. The highest BCUT2D eigenvalue weighted by Crippen LogP contribution is 2.27. The number of benzene rings is 1. The van der Waals surface area contributed by atoms with Gasteiger partial charge in [0.1, 0.15) is 0 Å². The summed E-state index contributed by atoms with van der Waals surface area (Å²) in [5, 5.41) is 3.31. The first-order valence-electron chi connectivity index (χ1n) is 6.00. The van der Waals surface area contributed by atoms with Crippen LogP contribution in [0.15, 0.2) is 18.2 Å². The molecule has 17 heavy (non-hydrogen) atoms. The van der Waals surface area contributed by atoms with Crippen molar-refractivity contribution in [2.45, 2.75) is 19.4 Å². The first kappa shape index (κ1) is 11.0. The van der Waals surface area contributed by atoms with Gasteiger partial charge in [-0.05, 0) is 42.6 Å². The number of rotatable bonds is 1. The van der Waals surface area contributed by atoms with Gasteiger partial charge in [0.25, 0.3) is 0 Å². The minimum atomic E-state index is -3.05. The standard InChI is InChI=1S/C12H16N2O2S/c15-17(16)7-1-6-14(17)12-3-2-10-4-5-13-9-11(10)8-12/h2-3,8,13H,1,4-7,9H2. The molecule has 5 heteroatoms. The number of nitrogens with one attached hydrogen (secondary N) is 1. The molecule has 1 aromatic carbocycles. The fourth-order valence-electron chi connectivity index (χ4n) is 2.55. The van der Waals surface area contributed by atoms with Gasteiger partial charge in [-0.2, -0.15) is 0 Å². The zero-order valence-electron chi connectivity index (χ0n) is 9.65. The molecular formula is C12H16N2O2S. The van der Waals surface area contributed by atoms with E-state index in [1.807, 2.05) is 12.1 Å². The average Bonchev–Trinajstić information content (AvgIpc) is 2.68. The molecule has 2 aliphatic heterocycles. The van der Waals surface area contributed by atoms with Crippen LogP contribution in [0.1, 0.15) is 17.5 Å². The Balaban J connectivity index is 1.99. The number of hydrogen-bond donors (Lipinski definition) is 1. The first-order valence-corrected chi connectivity index (χ1v) is 7.61. The van der Waals surface area contributed by atoms with E-state index in [4.69, 9.17) is 0 Å². The molecule has 1 fully saturated rings. The monoisotopic (exact) mass is 252 g/mol. The second-order valence-electron chi connectivity index (χ2n) is 4.62. The second kappa shape index (κ2) is 3.99. The molecule has 92 valence electrons. The van der Waals surface area contributed by atoms with Crippen LogP contribution >= 0.6 is 0 Å². The molecule has 0 amide bonds. The normalized spacial score (nSPS) is 22.5. The predicted octanol–water partition coefficient (Wildman–Crippen LogP) is 0.872. The molecular weight excluding hydrogens is 236 g/mol. The summed E-state index contributed by atoms with van der Waals surface area (Å²) in [6.45, 7) is 2.47. The third-order valence-corrected chi connectivity index (χ3v) is 5.33. The molecule has 2 heterocycles. The third kappa shape index (κ3) is 1.93. The maximum Gasteiger partial charge on any atom is 0.235 e. The summed E-state index contributed by atoms with van der Waals surface area (Å²) in [5.74, 6) is 0.280. The van der Waals surface area contributed by atoms with Gasteiger partial charge in [0, 0.05) is 13.1 Å². The van der Waals surface area contributed by atoms with Gasteiger partial charge < -0.3 is 5.32 Å². The lowest BCUT2D eigenvalue weighted by molar-refractivity contribution is 0.599. The van der Waals surface area contributed by atoms with Crippen LogP contribution in [0, 0.1) is 0 Å². The first-order chi connectivity index (χ1) is 8.17. The maximum atomic E-state index is 11.8. The zero-order valence-corrected chi connectivity index (χ0v) is 10.5. The molecule has 0 bridgehead atoms. The molecule has 3 rings (SSSR count). The smallest absolute Gasteiger partial charge is 0.235 e. The van der Waals surface area contributed by atoms with Crippen molar-refractivity contribution in [1.29, 1.82) is 0 Å². The van der Waals surface area contributed by atoms with E-state index in [9.17, 15) is 8.42 Å². The van der Waals surface area contributed by atoms with Gasteiger partial charge in [0.15, 0.2) is 0 Å². The summed E-state index contributed by atoms with van der Waals surface area (Å²) >= 11 is 0. The Bertz CT molecular complexity index is 539. The quantitative estimate of drug-likeness (QED) is 0.807. The van der Waals surface area contributed by atoms with Crippen molar-refractivity contribution < 1.29 is 8.42 Å². The molecule has 0 radical (unpaired) electrons. The fourth-order valence-corrected chi connectivity index (χ4v) is 4.11. The molecule has 0 spiro atoms. The van der Waals surface area contributed by atoms with Crippen LogP contribution in [0.4, 0.5) is 5.69 Å². The third-order valence-electron chi connectivity index (χ3n) is 3.46. The molecule has 0 unspecified atom stereocenters. The molecule has 0 aliphatic carbocycles. The van der Waals surface area contributed by atoms with Gasteiger partial charge in [0.2, 0.25) is 10.0 Å². The Morgan fingerprint density at radius 3 is 2.88 bits per heavy atom. The van der Waals surface area contributed by atoms with Crippen molar-refractivity contribution in [3.63, 3.8) is 0 Å². The SMILES string of the molecule is O=S1(=O)CCCN1c1ccc2c(c1)CNCC2. The van der Waals surface area contributed by atoms with E-state index in [-0.39, 0.29) is 5.75 Å². The predicted molar refractivity (Wildman–Crippen MR) is 67.6 cm³/mol. The molecule has 1 saturated heterocycles. The Morgan fingerprint density at radius 1 is 1.24 bits per heavy atom. The minimum absolute atomic E-state index is 0.280. The van der Waals surface area contributed by atoms with Crippen LogP contribution in [-0.4, -0.2) is 27.3 Å². The molecule has 1 aromatic rings. The number of anilines is 1. The summed E-state index contributed by atoms with van der Waals surface area (Å²) in [7, 11) is -3.05. The summed E-state index contributed by atoms with van der Waals surface area (Å²) in [5.41, 5.74) is 3.39. The summed E-state index contributed by atoms with van der Waals surface area (Å²) in [6.07, 6.45) is 1.76. The van der Waals surface area contributed by atoms with Gasteiger partial charge in [-0.15, -0.1) is 0 Å². The Kier molecular flexibility index (Phi) is 2.60. The van der Waals surface area contributed by atoms with E-state index < -0.39 is 10.0 Å². The molecule has 4 nitrogen and oxygen atoms in total. The maximum absolute atomic E-state index is 11.8. The van der Waals surface area contributed by atoms with Gasteiger partial charge >= 0.3 is 0 Å². The van der Waals surface area contributed by atoms with Crippen LogP contribution in [0.2, 0.25) is 0 Å². The summed E-state index contributed by atoms with van der Waals surface area (Å²) in [4.78, 5) is 0. The Hall–Kier alpha value is -1.07. The highest BCUT2D eigenvalue weighted by molar-refractivity contribution is 7.93. The second-order valence-corrected chi connectivity index (χ2v) is 6.63. The van der Waals surface area contributed by atoms with Crippen molar-refractivity contribution in [2.24, 2.45) is 0 Å². The van der Waals surface area contributed by atoms with E-state index in [1.165, 1.54) is 11.1 Å². The highest BCUT2D eigenvalue weighted by atomic mass is 32.2. The van der Waals surface area contributed by atoms with Gasteiger partial charge in [0.05, 0.1) is 11.4 Å². The Morgan fingerprint density at radius 2 is 2.12 bits per heavy atom. The van der Waals surface area contributed by atoms with Gasteiger partial charge in [-0.1, -0.05) is 6.07 Å². The van der Waals surface area contributed by atoms with E-state index in [0.717, 1.165) is 31.6 Å². The van der Waals surface area contributed by atoms with Crippen molar-refractivity contribution in [3.05, 3.63) is 29.3 Å². The lowest BCUT2D eigenvalue weighted by Gasteiger charge is -2.22. The molecule has 2 aliphatic rings. The number of sulfonamides is 1. The average molecular weight is 252 g/mol. The van der Waals surface area contributed by atoms with Crippen LogP contribution in [-0.2, 0) is 23.0 Å². The van der Waals surface area contributed by atoms with Crippen molar-refractivity contribution in [2.75, 3.05) is 23.1 Å². The molecule has 0 saturated carbocycles. The van der Waals surface area contributed by atoms with Crippen LogP contribution in [0.25, 0.3) is 0 Å². The summed E-state index contributed by atoms with van der Waals surface area (Å²) in [6, 6.07) is 6.02. The lowest BCUT2D eigenvalue weighted by Crippen LogP contribution is -2.27. The molecule has 1 N–H and O–H groups in total. The highest BCUT2D eigenvalue weighted by Gasteiger charge is 2.28. The van der Waals surface area contributed by atoms with Crippen LogP contribution < -0.4 is 9.62 Å². The van der Waals surface area contributed by atoms with Crippen molar-refractivity contribution in [3.8, 4) is 0 Å². The lowest BCUT2D eigenvalue weighted by atomic mass is 10.0. The van der Waals surface area contributed by atoms with Crippen molar-refractivity contribution in [1.82, 2.24) is 5.32 Å². The molecule has 0 aromatic heterocycles. The zero-order chi connectivity index (χ0) is 11.9. The van der Waals surface area contributed by atoms with Crippen LogP contribution in [0.5, 0.6) is 0 Å². The van der Waals surface area contributed by atoms with Gasteiger partial charge in [-0.3, -0.25) is 4.31 Å².